The minimum absolute atomic E-state index is 0.0499. The number of hydrogen-bond acceptors (Lipinski definition) is 1. The van der Waals surface area contributed by atoms with Crippen LogP contribution in [0.5, 0.6) is 0 Å². The monoisotopic (exact) mass is 352 g/mol. The van der Waals surface area contributed by atoms with Gasteiger partial charge in [0.1, 0.15) is 0 Å². The lowest BCUT2D eigenvalue weighted by Crippen LogP contribution is -2.31. The molecule has 1 aliphatic carbocycles. The quantitative estimate of drug-likeness (QED) is 0.647. The Morgan fingerprint density at radius 3 is 2.23 bits per heavy atom. The Kier molecular flexibility index (Phi) is 5.95. The van der Waals surface area contributed by atoms with E-state index in [4.69, 9.17) is 5.11 Å². The Hall–Kier alpha value is -2.09. The molecule has 0 aliphatic heterocycles. The summed E-state index contributed by atoms with van der Waals surface area (Å²) < 4.78 is 0. The smallest absolute Gasteiger partial charge is 0.335 e. The molecule has 1 N–H and O–H groups in total. The Morgan fingerprint density at radius 2 is 1.73 bits per heavy atom. The number of hydrogen-bond donors (Lipinski definition) is 1. The van der Waals surface area contributed by atoms with Crippen LogP contribution in [0.15, 0.2) is 54.6 Å². The average Bonchev–Trinajstić information content (AvgIpc) is 2.74. The molecule has 2 heteroatoms. The molecule has 26 heavy (non-hydrogen) atoms. The fraction of sp³-hybridized carbons (Fsp3) is 0.458. The van der Waals surface area contributed by atoms with Crippen LogP contribution in [0.1, 0.15) is 63.9 Å². The van der Waals surface area contributed by atoms with Gasteiger partial charge in [-0.2, -0.15) is 0 Å². The molecule has 2 rings (SSSR count). The van der Waals surface area contributed by atoms with Gasteiger partial charge in [0.05, 0.1) is 5.56 Å². The van der Waals surface area contributed by atoms with Crippen LogP contribution >= 0.6 is 0 Å². The summed E-state index contributed by atoms with van der Waals surface area (Å²) in [6.07, 6.45) is 12.2. The van der Waals surface area contributed by atoms with E-state index in [2.05, 4.69) is 71.9 Å². The molecule has 0 bridgehead atoms. The Bertz CT molecular complexity index is 726. The third kappa shape index (κ3) is 4.97. The maximum Gasteiger partial charge on any atom is 0.335 e. The highest BCUT2D eigenvalue weighted by Crippen LogP contribution is 2.45. The van der Waals surface area contributed by atoms with Gasteiger partial charge in [-0.25, -0.2) is 4.79 Å². The van der Waals surface area contributed by atoms with Crippen molar-refractivity contribution in [2.75, 3.05) is 0 Å². The molecule has 0 saturated heterocycles. The van der Waals surface area contributed by atoms with E-state index in [-0.39, 0.29) is 10.8 Å². The van der Waals surface area contributed by atoms with Crippen LogP contribution in [-0.4, -0.2) is 11.1 Å². The molecule has 0 aromatic heterocycles. The molecule has 0 radical (unpaired) electrons. The number of rotatable bonds is 5. The first-order valence-electron chi connectivity index (χ1n) is 9.44. The topological polar surface area (TPSA) is 37.3 Å². The zero-order valence-electron chi connectivity index (χ0n) is 16.9. The SMILES string of the molecule is CC(C)C(CC(C)(C)C)[C@@]1(C)C=CC=CC(c2ccc(C(=O)O)cc2)=C1. The lowest BCUT2D eigenvalue weighted by molar-refractivity contribution is 0.0697. The molecule has 0 spiro atoms. The second-order valence-corrected chi connectivity index (χ2v) is 9.18. The molecule has 0 amide bonds. The summed E-state index contributed by atoms with van der Waals surface area (Å²) in [4.78, 5) is 11.1. The maximum absolute atomic E-state index is 11.1. The van der Waals surface area contributed by atoms with E-state index in [1.54, 1.807) is 12.1 Å². The standard InChI is InChI=1S/C24H32O2/c1-17(2)21(16-23(3,4)5)24(6)14-8-7-9-20(15-24)18-10-12-19(13-11-18)22(25)26/h7-15,17,21H,16H2,1-6H3,(H,25,26)/t21?,24-/m0/s1. The lowest BCUT2D eigenvalue weighted by Gasteiger charge is -2.40. The van der Waals surface area contributed by atoms with Crippen molar-refractivity contribution in [3.8, 4) is 0 Å². The third-order valence-corrected chi connectivity index (χ3v) is 5.21. The molecule has 2 nitrogen and oxygen atoms in total. The highest BCUT2D eigenvalue weighted by molar-refractivity contribution is 5.88. The van der Waals surface area contributed by atoms with Crippen molar-refractivity contribution in [2.24, 2.45) is 22.7 Å². The average molecular weight is 353 g/mol. The van der Waals surface area contributed by atoms with Crippen molar-refractivity contribution < 1.29 is 9.90 Å². The molecule has 0 saturated carbocycles. The molecule has 1 aromatic rings. The summed E-state index contributed by atoms with van der Waals surface area (Å²) in [5.74, 6) is 0.194. The zero-order chi connectivity index (χ0) is 19.5. The Balaban J connectivity index is 2.44. The molecular formula is C24H32O2. The van der Waals surface area contributed by atoms with Gasteiger partial charge >= 0.3 is 5.97 Å². The number of carboxylic acids is 1. The largest absolute Gasteiger partial charge is 0.478 e. The fourth-order valence-corrected chi connectivity index (χ4v) is 3.90. The molecule has 140 valence electrons. The van der Waals surface area contributed by atoms with Crippen molar-refractivity contribution in [3.63, 3.8) is 0 Å². The van der Waals surface area contributed by atoms with Gasteiger partial charge in [0.15, 0.2) is 0 Å². The normalized spacial score (nSPS) is 21.4. The van der Waals surface area contributed by atoms with E-state index in [0.717, 1.165) is 17.6 Å². The van der Waals surface area contributed by atoms with Crippen LogP contribution in [0.2, 0.25) is 0 Å². The summed E-state index contributed by atoms with van der Waals surface area (Å²) in [6, 6.07) is 7.16. The maximum atomic E-state index is 11.1. The van der Waals surface area contributed by atoms with Gasteiger partial charge in [-0.05, 0) is 46.9 Å². The molecule has 0 fully saturated rings. The first kappa shape index (κ1) is 20.2. The first-order valence-corrected chi connectivity index (χ1v) is 9.44. The minimum atomic E-state index is -0.890. The van der Waals surface area contributed by atoms with E-state index >= 15 is 0 Å². The lowest BCUT2D eigenvalue weighted by atomic mass is 9.65. The van der Waals surface area contributed by atoms with Crippen molar-refractivity contribution >= 4 is 11.5 Å². The van der Waals surface area contributed by atoms with Crippen LogP contribution < -0.4 is 0 Å². The molecule has 1 unspecified atom stereocenters. The number of allylic oxidation sites excluding steroid dienone is 6. The number of benzene rings is 1. The van der Waals surface area contributed by atoms with E-state index in [9.17, 15) is 4.79 Å². The summed E-state index contributed by atoms with van der Waals surface area (Å²) in [5.41, 5.74) is 2.74. The first-order chi connectivity index (χ1) is 12.0. The minimum Gasteiger partial charge on any atom is -0.478 e. The number of carboxylic acid groups (broad SMARTS) is 1. The molecule has 2 atom stereocenters. The van der Waals surface area contributed by atoms with Gasteiger partial charge < -0.3 is 5.11 Å². The second-order valence-electron chi connectivity index (χ2n) is 9.18. The van der Waals surface area contributed by atoms with Crippen molar-refractivity contribution in [1.82, 2.24) is 0 Å². The van der Waals surface area contributed by atoms with Gasteiger partial charge in [0.25, 0.3) is 0 Å². The van der Waals surface area contributed by atoms with E-state index < -0.39 is 5.97 Å². The summed E-state index contributed by atoms with van der Waals surface area (Å²) in [5, 5.41) is 9.12. The van der Waals surface area contributed by atoms with E-state index in [0.29, 0.717) is 17.4 Å². The van der Waals surface area contributed by atoms with Gasteiger partial charge in [0.2, 0.25) is 0 Å². The van der Waals surface area contributed by atoms with Crippen molar-refractivity contribution in [2.45, 2.75) is 48.0 Å². The summed E-state index contributed by atoms with van der Waals surface area (Å²) in [6.45, 7) is 13.9. The summed E-state index contributed by atoms with van der Waals surface area (Å²) >= 11 is 0. The van der Waals surface area contributed by atoms with Gasteiger partial charge in [0, 0.05) is 5.41 Å². The predicted molar refractivity (Wildman–Crippen MR) is 110 cm³/mol. The van der Waals surface area contributed by atoms with Gasteiger partial charge in [-0.1, -0.05) is 84.1 Å². The van der Waals surface area contributed by atoms with Crippen LogP contribution in [0.25, 0.3) is 5.57 Å². The molecule has 1 aromatic carbocycles. The zero-order valence-corrected chi connectivity index (χ0v) is 16.9. The molecule has 1 aliphatic rings. The van der Waals surface area contributed by atoms with Gasteiger partial charge in [-0.15, -0.1) is 0 Å². The van der Waals surface area contributed by atoms with Crippen LogP contribution in [0.3, 0.4) is 0 Å². The molecule has 0 heterocycles. The van der Waals surface area contributed by atoms with Gasteiger partial charge in [-0.3, -0.25) is 0 Å². The van der Waals surface area contributed by atoms with Crippen LogP contribution in [0.4, 0.5) is 0 Å². The van der Waals surface area contributed by atoms with E-state index in [1.807, 2.05) is 12.1 Å². The Morgan fingerprint density at radius 1 is 1.12 bits per heavy atom. The van der Waals surface area contributed by atoms with Crippen LogP contribution in [-0.2, 0) is 0 Å². The number of carbonyl (C=O) groups is 1. The second kappa shape index (κ2) is 7.65. The van der Waals surface area contributed by atoms with E-state index in [1.165, 1.54) is 0 Å². The van der Waals surface area contributed by atoms with Crippen molar-refractivity contribution in [3.05, 3.63) is 65.8 Å². The Labute approximate surface area is 158 Å². The summed E-state index contributed by atoms with van der Waals surface area (Å²) in [7, 11) is 0. The molecular weight excluding hydrogens is 320 g/mol. The highest BCUT2D eigenvalue weighted by Gasteiger charge is 2.35. The van der Waals surface area contributed by atoms with Crippen LogP contribution in [0, 0.1) is 22.7 Å². The third-order valence-electron chi connectivity index (χ3n) is 5.21. The van der Waals surface area contributed by atoms with Crippen molar-refractivity contribution in [1.29, 1.82) is 0 Å². The number of aromatic carboxylic acids is 1. The highest BCUT2D eigenvalue weighted by atomic mass is 16.4. The predicted octanol–water partition coefficient (Wildman–Crippen LogP) is 6.61. The fourth-order valence-electron chi connectivity index (χ4n) is 3.90.